The van der Waals surface area contributed by atoms with Gasteiger partial charge in [-0.1, -0.05) is 18.2 Å². The van der Waals surface area contributed by atoms with Gasteiger partial charge in [0.05, 0.1) is 5.69 Å². The third kappa shape index (κ3) is 2.94. The lowest BCUT2D eigenvalue weighted by Crippen LogP contribution is -2.48. The molecular formula is C23H23N3OS. The van der Waals surface area contributed by atoms with E-state index < -0.39 is 0 Å². The average Bonchev–Trinajstić information content (AvgIpc) is 3.37. The van der Waals surface area contributed by atoms with E-state index in [1.807, 2.05) is 30.2 Å². The van der Waals surface area contributed by atoms with E-state index in [-0.39, 0.29) is 11.3 Å². The van der Waals surface area contributed by atoms with Gasteiger partial charge in [-0.05, 0) is 67.3 Å². The first kappa shape index (κ1) is 17.6. The van der Waals surface area contributed by atoms with Crippen LogP contribution in [0.2, 0.25) is 0 Å². The Balaban J connectivity index is 1.39. The summed E-state index contributed by atoms with van der Waals surface area (Å²) in [5, 5.41) is 2.08. The zero-order chi connectivity index (χ0) is 19.1. The smallest absolute Gasteiger partial charge is 0.253 e. The first-order valence-corrected chi connectivity index (χ1v) is 10.8. The first-order valence-electron chi connectivity index (χ1n) is 9.91. The van der Waals surface area contributed by atoms with Gasteiger partial charge in [-0.15, -0.1) is 11.3 Å². The summed E-state index contributed by atoms with van der Waals surface area (Å²) in [6.07, 6.45) is 6.21. The Hall–Kier alpha value is -2.53. The Morgan fingerprint density at radius 3 is 2.82 bits per heavy atom. The quantitative estimate of drug-likeness (QED) is 0.642. The summed E-state index contributed by atoms with van der Waals surface area (Å²) in [5.41, 5.74) is 4.40. The second kappa shape index (κ2) is 6.82. The molecule has 3 heterocycles. The Morgan fingerprint density at radius 1 is 1.18 bits per heavy atom. The molecule has 142 valence electrons. The van der Waals surface area contributed by atoms with Gasteiger partial charge in [0.25, 0.3) is 5.91 Å². The fraction of sp³-hybridized carbons (Fsp3) is 0.348. The van der Waals surface area contributed by atoms with Crippen LogP contribution in [0.25, 0.3) is 10.4 Å². The first-order chi connectivity index (χ1) is 13.6. The molecule has 3 aromatic rings. The van der Waals surface area contributed by atoms with E-state index in [1.165, 1.54) is 21.7 Å². The summed E-state index contributed by atoms with van der Waals surface area (Å²) in [6, 6.07) is 12.2. The Labute approximate surface area is 169 Å². The number of amides is 1. The lowest BCUT2D eigenvalue weighted by Gasteiger charge is -2.40. The number of likely N-dealkylation sites (tertiary alicyclic amines) is 1. The molecular weight excluding hydrogens is 366 g/mol. The summed E-state index contributed by atoms with van der Waals surface area (Å²) < 4.78 is 0. The maximum Gasteiger partial charge on any atom is 0.253 e. The number of aryl methyl sites for hydroxylation is 2. The van der Waals surface area contributed by atoms with E-state index >= 15 is 0 Å². The second-order valence-electron chi connectivity index (χ2n) is 7.96. The van der Waals surface area contributed by atoms with E-state index in [2.05, 4.69) is 34.6 Å². The fourth-order valence-corrected chi connectivity index (χ4v) is 5.47. The molecule has 1 aliphatic carbocycles. The van der Waals surface area contributed by atoms with Crippen molar-refractivity contribution in [2.24, 2.45) is 0 Å². The minimum Gasteiger partial charge on any atom is -0.338 e. The summed E-state index contributed by atoms with van der Waals surface area (Å²) >= 11 is 1.72. The molecule has 0 saturated carbocycles. The van der Waals surface area contributed by atoms with E-state index in [9.17, 15) is 4.79 Å². The van der Waals surface area contributed by atoms with E-state index in [0.717, 1.165) is 50.2 Å². The van der Waals surface area contributed by atoms with Gasteiger partial charge in [0, 0.05) is 35.1 Å². The molecule has 4 nitrogen and oxygen atoms in total. The molecule has 1 aromatic carbocycles. The molecule has 0 N–H and O–H groups in total. The Bertz CT molecular complexity index is 1010. The summed E-state index contributed by atoms with van der Waals surface area (Å²) in [6.45, 7) is 3.54. The summed E-state index contributed by atoms with van der Waals surface area (Å²) in [4.78, 5) is 25.6. The normalized spacial score (nSPS) is 21.1. The highest BCUT2D eigenvalue weighted by Gasteiger charge is 2.44. The molecule has 1 aliphatic heterocycles. The Kier molecular flexibility index (Phi) is 4.27. The van der Waals surface area contributed by atoms with Crippen molar-refractivity contribution in [3.8, 4) is 10.4 Å². The van der Waals surface area contributed by atoms with Gasteiger partial charge < -0.3 is 4.90 Å². The van der Waals surface area contributed by atoms with Crippen LogP contribution in [0.5, 0.6) is 0 Å². The van der Waals surface area contributed by atoms with Crippen LogP contribution in [-0.4, -0.2) is 33.9 Å². The number of nitrogens with zero attached hydrogens (tertiary/aromatic N) is 3. The van der Waals surface area contributed by atoms with Gasteiger partial charge in [-0.3, -0.25) is 4.79 Å². The van der Waals surface area contributed by atoms with Gasteiger partial charge >= 0.3 is 0 Å². The zero-order valence-corrected chi connectivity index (χ0v) is 16.8. The van der Waals surface area contributed by atoms with Crippen LogP contribution in [0.4, 0.5) is 0 Å². The van der Waals surface area contributed by atoms with Gasteiger partial charge in [0.15, 0.2) is 0 Å². The number of carbonyl (C=O) groups excluding carboxylic acids is 1. The van der Waals surface area contributed by atoms with Crippen LogP contribution in [-0.2, 0) is 11.8 Å². The summed E-state index contributed by atoms with van der Waals surface area (Å²) in [7, 11) is 0. The third-order valence-corrected chi connectivity index (χ3v) is 7.08. The van der Waals surface area contributed by atoms with Crippen LogP contribution in [0, 0.1) is 6.92 Å². The number of thiophene rings is 1. The number of aromatic nitrogens is 2. The van der Waals surface area contributed by atoms with Crippen molar-refractivity contribution >= 4 is 17.2 Å². The average molecular weight is 390 g/mol. The fourth-order valence-electron chi connectivity index (χ4n) is 4.73. The summed E-state index contributed by atoms with van der Waals surface area (Å²) in [5.74, 6) is 0.962. The standard InChI is InChI=1S/C23H23N3OS/c1-16-24-14-19-9-11-23(21(19)25-16)10-3-12-26(15-23)22(27)18-7-5-17(6-8-18)20-4-2-13-28-20/h2,4-8,13-14H,3,9-12,15H2,1H3. The molecule has 1 fully saturated rings. The van der Waals surface area contributed by atoms with Crippen molar-refractivity contribution in [3.63, 3.8) is 0 Å². The van der Waals surface area contributed by atoms with E-state index in [4.69, 9.17) is 4.98 Å². The number of piperidine rings is 1. The van der Waals surface area contributed by atoms with Crippen molar-refractivity contribution in [2.45, 2.75) is 38.0 Å². The van der Waals surface area contributed by atoms with Crippen molar-refractivity contribution in [1.82, 2.24) is 14.9 Å². The topological polar surface area (TPSA) is 46.1 Å². The SMILES string of the molecule is Cc1ncc2c(n1)C1(CCCN(C(=O)c3ccc(-c4cccs4)cc3)C1)CC2. The molecule has 2 aromatic heterocycles. The molecule has 5 heteroatoms. The van der Waals surface area contributed by atoms with Crippen LogP contribution in [0.3, 0.4) is 0 Å². The largest absolute Gasteiger partial charge is 0.338 e. The molecule has 1 saturated heterocycles. The van der Waals surface area contributed by atoms with Crippen molar-refractivity contribution in [1.29, 1.82) is 0 Å². The zero-order valence-electron chi connectivity index (χ0n) is 16.0. The maximum atomic E-state index is 13.2. The highest BCUT2D eigenvalue weighted by atomic mass is 32.1. The predicted molar refractivity (Wildman–Crippen MR) is 112 cm³/mol. The number of fused-ring (bicyclic) bond motifs is 2. The molecule has 1 amide bonds. The van der Waals surface area contributed by atoms with Crippen LogP contribution >= 0.6 is 11.3 Å². The minimum absolute atomic E-state index is 0.00779. The lowest BCUT2D eigenvalue weighted by atomic mass is 9.77. The number of hydrogen-bond donors (Lipinski definition) is 0. The van der Waals surface area contributed by atoms with Gasteiger partial charge in [-0.2, -0.15) is 0 Å². The monoisotopic (exact) mass is 389 g/mol. The second-order valence-corrected chi connectivity index (χ2v) is 8.90. The molecule has 1 unspecified atom stereocenters. The van der Waals surface area contributed by atoms with Crippen molar-refractivity contribution in [2.75, 3.05) is 13.1 Å². The lowest BCUT2D eigenvalue weighted by molar-refractivity contribution is 0.0633. The molecule has 1 spiro atoms. The minimum atomic E-state index is 0.00779. The van der Waals surface area contributed by atoms with Gasteiger partial charge in [0.2, 0.25) is 0 Å². The number of hydrogen-bond acceptors (Lipinski definition) is 4. The number of benzene rings is 1. The van der Waals surface area contributed by atoms with Crippen LogP contribution < -0.4 is 0 Å². The van der Waals surface area contributed by atoms with Crippen molar-refractivity contribution in [3.05, 3.63) is 70.6 Å². The molecule has 0 bridgehead atoms. The van der Waals surface area contributed by atoms with Crippen LogP contribution in [0.1, 0.15) is 46.7 Å². The molecule has 1 atom stereocenters. The number of carbonyl (C=O) groups is 1. The van der Waals surface area contributed by atoms with Gasteiger partial charge in [0.1, 0.15) is 5.82 Å². The highest BCUT2D eigenvalue weighted by Crippen LogP contribution is 2.44. The molecule has 0 radical (unpaired) electrons. The highest BCUT2D eigenvalue weighted by molar-refractivity contribution is 7.13. The third-order valence-electron chi connectivity index (χ3n) is 6.16. The Morgan fingerprint density at radius 2 is 2.04 bits per heavy atom. The van der Waals surface area contributed by atoms with Crippen molar-refractivity contribution < 1.29 is 4.79 Å². The maximum absolute atomic E-state index is 13.2. The number of rotatable bonds is 2. The molecule has 5 rings (SSSR count). The van der Waals surface area contributed by atoms with E-state index in [0.29, 0.717) is 0 Å². The predicted octanol–water partition coefficient (Wildman–Crippen LogP) is 4.63. The van der Waals surface area contributed by atoms with Crippen LogP contribution in [0.15, 0.2) is 48.0 Å². The van der Waals surface area contributed by atoms with E-state index in [1.54, 1.807) is 11.3 Å². The van der Waals surface area contributed by atoms with Gasteiger partial charge in [-0.25, -0.2) is 9.97 Å². The molecule has 2 aliphatic rings. The molecule has 28 heavy (non-hydrogen) atoms.